The van der Waals surface area contributed by atoms with Gasteiger partial charge in [0.05, 0.1) is 20.6 Å². The van der Waals surface area contributed by atoms with E-state index < -0.39 is 6.04 Å². The quantitative estimate of drug-likeness (QED) is 0.431. The first-order valence-corrected chi connectivity index (χ1v) is 12.8. The Bertz CT molecular complexity index is 1140. The molecule has 7 heteroatoms. The van der Waals surface area contributed by atoms with Gasteiger partial charge in [-0.05, 0) is 55.5 Å². The predicted octanol–water partition coefficient (Wildman–Crippen LogP) is 5.45. The molecule has 2 amide bonds. The summed E-state index contributed by atoms with van der Waals surface area (Å²) < 4.78 is 11.1. The summed E-state index contributed by atoms with van der Waals surface area (Å²) in [6, 6.07) is 16.2. The van der Waals surface area contributed by atoms with Crippen LogP contribution in [0.3, 0.4) is 0 Å². The lowest BCUT2D eigenvalue weighted by molar-refractivity contribution is -0.127. The van der Waals surface area contributed by atoms with Crippen LogP contribution >= 0.6 is 11.3 Å². The van der Waals surface area contributed by atoms with Crippen molar-refractivity contribution in [3.63, 3.8) is 0 Å². The molecule has 1 N–H and O–H groups in total. The van der Waals surface area contributed by atoms with Crippen molar-refractivity contribution in [1.82, 2.24) is 5.32 Å². The highest BCUT2D eigenvalue weighted by atomic mass is 32.1. The normalized spacial score (nSPS) is 14.4. The average Bonchev–Trinajstić information content (AvgIpc) is 3.57. The second-order valence-corrected chi connectivity index (χ2v) is 9.89. The van der Waals surface area contributed by atoms with E-state index in [2.05, 4.69) is 5.32 Å². The molecule has 1 saturated carbocycles. The average molecular weight is 493 g/mol. The van der Waals surface area contributed by atoms with Crippen molar-refractivity contribution in [2.45, 2.75) is 51.1 Å². The van der Waals surface area contributed by atoms with Crippen LogP contribution in [0.25, 0.3) is 0 Å². The fraction of sp³-hybridized carbons (Fsp3) is 0.357. The van der Waals surface area contributed by atoms with Gasteiger partial charge in [-0.25, -0.2) is 0 Å². The molecule has 0 saturated heterocycles. The van der Waals surface area contributed by atoms with Crippen molar-refractivity contribution in [2.75, 3.05) is 19.1 Å². The van der Waals surface area contributed by atoms with Crippen molar-refractivity contribution >= 4 is 28.8 Å². The minimum Gasteiger partial charge on any atom is -0.497 e. The Morgan fingerprint density at radius 2 is 1.80 bits per heavy atom. The molecule has 1 fully saturated rings. The number of benzene rings is 2. The van der Waals surface area contributed by atoms with E-state index in [1.165, 1.54) is 11.3 Å². The summed E-state index contributed by atoms with van der Waals surface area (Å²) in [6.07, 6.45) is 4.30. The molecule has 184 valence electrons. The van der Waals surface area contributed by atoms with E-state index in [9.17, 15) is 9.59 Å². The maximum atomic E-state index is 13.9. The summed E-state index contributed by atoms with van der Waals surface area (Å²) in [7, 11) is 3.15. The molecule has 3 aromatic rings. The Kier molecular flexibility index (Phi) is 8.08. The van der Waals surface area contributed by atoms with Gasteiger partial charge in [0.25, 0.3) is 0 Å². The zero-order valence-corrected chi connectivity index (χ0v) is 21.3. The Hall–Kier alpha value is -3.32. The van der Waals surface area contributed by atoms with Crippen molar-refractivity contribution in [1.29, 1.82) is 0 Å². The third-order valence-electron chi connectivity index (χ3n) is 6.43. The maximum absolute atomic E-state index is 13.9. The molecule has 2 aromatic carbocycles. The lowest BCUT2D eigenvalue weighted by Crippen LogP contribution is -2.47. The summed E-state index contributed by atoms with van der Waals surface area (Å²) in [5, 5.41) is 5.17. The molecular formula is C28H32N2O4S. The minimum absolute atomic E-state index is 0.113. The first-order chi connectivity index (χ1) is 17.0. The number of methoxy groups -OCH3 is 2. The molecule has 35 heavy (non-hydrogen) atoms. The molecular weight excluding hydrogens is 460 g/mol. The second-order valence-electron chi connectivity index (χ2n) is 8.86. The third-order valence-corrected chi connectivity index (χ3v) is 7.31. The van der Waals surface area contributed by atoms with Gasteiger partial charge >= 0.3 is 0 Å². The number of nitrogens with zero attached hydrogens (tertiary/aromatic N) is 1. The van der Waals surface area contributed by atoms with E-state index in [-0.39, 0.29) is 24.3 Å². The van der Waals surface area contributed by atoms with E-state index >= 15 is 0 Å². The van der Waals surface area contributed by atoms with Crippen LogP contribution < -0.4 is 19.7 Å². The number of carbonyl (C=O) groups is 2. The van der Waals surface area contributed by atoms with Gasteiger partial charge in [0.15, 0.2) is 0 Å². The van der Waals surface area contributed by atoms with E-state index in [1.54, 1.807) is 31.3 Å². The van der Waals surface area contributed by atoms with Crippen LogP contribution in [-0.4, -0.2) is 32.1 Å². The molecule has 0 aliphatic heterocycles. The maximum Gasteiger partial charge on any atom is 0.248 e. The minimum atomic E-state index is -0.897. The predicted molar refractivity (Wildman–Crippen MR) is 139 cm³/mol. The number of hydrogen-bond donors (Lipinski definition) is 1. The van der Waals surface area contributed by atoms with Crippen LogP contribution in [0, 0.1) is 6.92 Å². The molecule has 0 radical (unpaired) electrons. The topological polar surface area (TPSA) is 67.9 Å². The zero-order chi connectivity index (χ0) is 24.8. The van der Waals surface area contributed by atoms with Gasteiger partial charge in [0, 0.05) is 28.2 Å². The monoisotopic (exact) mass is 492 g/mol. The van der Waals surface area contributed by atoms with Gasteiger partial charge < -0.3 is 14.8 Å². The molecule has 1 heterocycles. The summed E-state index contributed by atoms with van der Waals surface area (Å²) >= 11 is 1.53. The number of nitrogens with one attached hydrogen (secondary N) is 1. The SMILES string of the molecule is COc1ccc([C@H](C(=O)NC2CCCC2)N(C(=O)Cc2cccs2)c2ccc(C)cc2)c(OC)c1. The van der Waals surface area contributed by atoms with Crippen LogP contribution in [0.2, 0.25) is 0 Å². The van der Waals surface area contributed by atoms with E-state index in [1.807, 2.05) is 54.8 Å². The van der Waals surface area contributed by atoms with Crippen LogP contribution in [0.1, 0.15) is 47.7 Å². The van der Waals surface area contributed by atoms with E-state index in [4.69, 9.17) is 9.47 Å². The number of carbonyl (C=O) groups excluding carboxylic acids is 2. The largest absolute Gasteiger partial charge is 0.497 e. The lowest BCUT2D eigenvalue weighted by Gasteiger charge is -2.33. The number of hydrogen-bond acceptors (Lipinski definition) is 5. The van der Waals surface area contributed by atoms with E-state index in [0.29, 0.717) is 22.7 Å². The molecule has 1 aromatic heterocycles. The van der Waals surface area contributed by atoms with Crippen molar-refractivity contribution < 1.29 is 19.1 Å². The number of amides is 2. The molecule has 0 spiro atoms. The number of thiophene rings is 1. The molecule has 1 atom stereocenters. The Morgan fingerprint density at radius 3 is 2.43 bits per heavy atom. The standard InChI is InChI=1S/C28H32N2O4S/c1-19-10-12-21(13-11-19)30(26(31)18-23-9-6-16-35-23)27(28(32)29-20-7-4-5-8-20)24-15-14-22(33-2)17-25(24)34-3/h6,9-17,20,27H,4-5,7-8,18H2,1-3H3,(H,29,32)/t27-/m1/s1. The third kappa shape index (κ3) is 5.85. The van der Waals surface area contributed by atoms with Crippen LogP contribution in [0.5, 0.6) is 11.5 Å². The zero-order valence-electron chi connectivity index (χ0n) is 20.5. The van der Waals surface area contributed by atoms with Crippen molar-refractivity contribution in [2.24, 2.45) is 0 Å². The number of ether oxygens (including phenoxy) is 2. The lowest BCUT2D eigenvalue weighted by atomic mass is 10.00. The van der Waals surface area contributed by atoms with Gasteiger partial charge in [0.2, 0.25) is 11.8 Å². The van der Waals surface area contributed by atoms with Crippen molar-refractivity contribution in [3.05, 3.63) is 76.0 Å². The fourth-order valence-corrected chi connectivity index (χ4v) is 5.28. The van der Waals surface area contributed by atoms with Gasteiger partial charge in [-0.15, -0.1) is 11.3 Å². The Morgan fingerprint density at radius 1 is 1.06 bits per heavy atom. The highest BCUT2D eigenvalue weighted by Gasteiger charge is 2.36. The van der Waals surface area contributed by atoms with Gasteiger partial charge in [-0.3, -0.25) is 14.5 Å². The Balaban J connectivity index is 1.82. The molecule has 1 aliphatic carbocycles. The number of rotatable bonds is 9. The summed E-state index contributed by atoms with van der Waals surface area (Å²) in [5.74, 6) is 0.755. The summed E-state index contributed by atoms with van der Waals surface area (Å²) in [4.78, 5) is 30.4. The smallest absolute Gasteiger partial charge is 0.248 e. The molecule has 1 aliphatic rings. The highest BCUT2D eigenvalue weighted by molar-refractivity contribution is 7.10. The van der Waals surface area contributed by atoms with Crippen LogP contribution in [0.15, 0.2) is 60.0 Å². The van der Waals surface area contributed by atoms with Crippen LogP contribution in [-0.2, 0) is 16.0 Å². The first-order valence-electron chi connectivity index (χ1n) is 11.9. The van der Waals surface area contributed by atoms with Crippen LogP contribution in [0.4, 0.5) is 5.69 Å². The fourth-order valence-electron chi connectivity index (χ4n) is 4.58. The molecule has 0 bridgehead atoms. The summed E-state index contributed by atoms with van der Waals surface area (Å²) in [6.45, 7) is 2.00. The number of anilines is 1. The van der Waals surface area contributed by atoms with Gasteiger partial charge in [0.1, 0.15) is 17.5 Å². The first kappa shape index (κ1) is 24.8. The molecule has 0 unspecified atom stereocenters. The van der Waals surface area contributed by atoms with Crippen molar-refractivity contribution in [3.8, 4) is 11.5 Å². The van der Waals surface area contributed by atoms with Gasteiger partial charge in [-0.2, -0.15) is 0 Å². The number of aryl methyl sites for hydroxylation is 1. The Labute approximate surface area is 210 Å². The van der Waals surface area contributed by atoms with Gasteiger partial charge in [-0.1, -0.05) is 36.6 Å². The second kappa shape index (κ2) is 11.4. The highest BCUT2D eigenvalue weighted by Crippen LogP contribution is 2.37. The van der Waals surface area contributed by atoms with E-state index in [0.717, 1.165) is 36.1 Å². The summed E-state index contributed by atoms with van der Waals surface area (Å²) in [5.41, 5.74) is 2.36. The molecule has 6 nitrogen and oxygen atoms in total. The molecule has 4 rings (SSSR count).